The highest BCUT2D eigenvalue weighted by Crippen LogP contribution is 2.24. The SMILES string of the molecule is CCS(=O)(=O)c1ccc(CC(=O)Nc2nnc(-c3cc(C)ccc3C)o2)cc1. The molecule has 1 aromatic heterocycles. The quantitative estimate of drug-likeness (QED) is 0.682. The monoisotopic (exact) mass is 399 g/mol. The zero-order valence-electron chi connectivity index (χ0n) is 15.9. The minimum Gasteiger partial charge on any atom is -0.403 e. The molecule has 0 aliphatic carbocycles. The van der Waals surface area contributed by atoms with E-state index in [0.717, 1.165) is 16.7 Å². The summed E-state index contributed by atoms with van der Waals surface area (Å²) in [6.45, 7) is 5.51. The van der Waals surface area contributed by atoms with Gasteiger partial charge in [0, 0.05) is 5.56 Å². The molecule has 8 heteroatoms. The number of nitrogens with zero attached hydrogens (tertiary/aromatic N) is 2. The van der Waals surface area contributed by atoms with Crippen LogP contribution in [0.15, 0.2) is 51.8 Å². The number of sulfone groups is 1. The van der Waals surface area contributed by atoms with Gasteiger partial charge in [0.05, 0.1) is 17.1 Å². The van der Waals surface area contributed by atoms with Crippen LogP contribution >= 0.6 is 0 Å². The van der Waals surface area contributed by atoms with Crippen molar-refractivity contribution in [3.63, 3.8) is 0 Å². The fraction of sp³-hybridized carbons (Fsp3) is 0.250. The zero-order chi connectivity index (χ0) is 20.3. The van der Waals surface area contributed by atoms with Gasteiger partial charge in [-0.3, -0.25) is 10.1 Å². The smallest absolute Gasteiger partial charge is 0.322 e. The van der Waals surface area contributed by atoms with Crippen LogP contribution in [-0.2, 0) is 21.1 Å². The maximum Gasteiger partial charge on any atom is 0.322 e. The Hall–Kier alpha value is -3.00. The second kappa shape index (κ2) is 7.93. The van der Waals surface area contributed by atoms with Crippen molar-refractivity contribution in [3.8, 4) is 11.5 Å². The van der Waals surface area contributed by atoms with Gasteiger partial charge in [-0.2, -0.15) is 0 Å². The summed E-state index contributed by atoms with van der Waals surface area (Å²) < 4.78 is 29.2. The Kier molecular flexibility index (Phi) is 5.60. The number of carbonyl (C=O) groups is 1. The normalized spacial score (nSPS) is 11.4. The summed E-state index contributed by atoms with van der Waals surface area (Å²) in [5, 5.41) is 10.4. The number of anilines is 1. The second-order valence-corrected chi connectivity index (χ2v) is 8.78. The van der Waals surface area contributed by atoms with Crippen LogP contribution in [0.5, 0.6) is 0 Å². The number of aromatic nitrogens is 2. The van der Waals surface area contributed by atoms with Crippen LogP contribution in [0.1, 0.15) is 23.6 Å². The molecule has 0 fully saturated rings. The van der Waals surface area contributed by atoms with Gasteiger partial charge in [0.25, 0.3) is 0 Å². The Morgan fingerprint density at radius 2 is 1.79 bits per heavy atom. The van der Waals surface area contributed by atoms with Crippen LogP contribution in [0.4, 0.5) is 6.01 Å². The molecule has 1 heterocycles. The van der Waals surface area contributed by atoms with Gasteiger partial charge in [0.2, 0.25) is 11.8 Å². The first kappa shape index (κ1) is 19.8. The van der Waals surface area contributed by atoms with Crippen molar-refractivity contribution in [2.75, 3.05) is 11.1 Å². The lowest BCUT2D eigenvalue weighted by Crippen LogP contribution is -2.14. The fourth-order valence-electron chi connectivity index (χ4n) is 2.68. The van der Waals surface area contributed by atoms with E-state index in [1.54, 1.807) is 19.1 Å². The molecular weight excluding hydrogens is 378 g/mol. The van der Waals surface area contributed by atoms with E-state index in [2.05, 4.69) is 15.5 Å². The Labute approximate surface area is 163 Å². The highest BCUT2D eigenvalue weighted by atomic mass is 32.2. The topological polar surface area (TPSA) is 102 Å². The Bertz CT molecular complexity index is 1100. The molecule has 2 aromatic carbocycles. The number of nitrogens with one attached hydrogen (secondary N) is 1. The average molecular weight is 399 g/mol. The van der Waals surface area contributed by atoms with E-state index in [9.17, 15) is 13.2 Å². The molecule has 0 aliphatic rings. The summed E-state index contributed by atoms with van der Waals surface area (Å²) in [5.74, 6) is 0.0418. The molecule has 0 atom stereocenters. The standard InChI is InChI=1S/C20H21N3O4S/c1-4-28(25,26)16-9-7-15(8-10-16)12-18(24)21-20-23-22-19(27-20)17-11-13(2)5-6-14(17)3/h5-11H,4,12H2,1-3H3,(H,21,23,24). The van der Waals surface area contributed by atoms with Crippen LogP contribution in [-0.4, -0.2) is 30.3 Å². The van der Waals surface area contributed by atoms with Crippen molar-refractivity contribution in [2.45, 2.75) is 32.1 Å². The molecule has 0 saturated heterocycles. The molecule has 1 N–H and O–H groups in total. The second-order valence-electron chi connectivity index (χ2n) is 6.50. The molecule has 0 unspecified atom stereocenters. The number of rotatable bonds is 6. The number of benzene rings is 2. The molecule has 3 aromatic rings. The van der Waals surface area contributed by atoms with E-state index >= 15 is 0 Å². The molecule has 1 amide bonds. The van der Waals surface area contributed by atoms with Crippen molar-refractivity contribution in [3.05, 3.63) is 59.2 Å². The molecule has 0 radical (unpaired) electrons. The van der Waals surface area contributed by atoms with E-state index in [0.29, 0.717) is 11.5 Å². The largest absolute Gasteiger partial charge is 0.403 e. The Morgan fingerprint density at radius 3 is 2.46 bits per heavy atom. The van der Waals surface area contributed by atoms with E-state index < -0.39 is 9.84 Å². The summed E-state index contributed by atoms with van der Waals surface area (Å²) in [5.41, 5.74) is 3.56. The molecule has 3 rings (SSSR count). The van der Waals surface area contributed by atoms with Crippen LogP contribution < -0.4 is 5.32 Å². The number of hydrogen-bond acceptors (Lipinski definition) is 6. The van der Waals surface area contributed by atoms with Gasteiger partial charge in [-0.15, -0.1) is 5.10 Å². The minimum atomic E-state index is -3.26. The van der Waals surface area contributed by atoms with Gasteiger partial charge in [0.15, 0.2) is 9.84 Å². The molecule has 7 nitrogen and oxygen atoms in total. The van der Waals surface area contributed by atoms with Crippen molar-refractivity contribution >= 4 is 21.8 Å². The third kappa shape index (κ3) is 4.45. The molecule has 0 spiro atoms. The van der Waals surface area contributed by atoms with Gasteiger partial charge < -0.3 is 4.42 Å². The van der Waals surface area contributed by atoms with E-state index in [1.165, 1.54) is 12.1 Å². The molecule has 28 heavy (non-hydrogen) atoms. The molecule has 0 saturated carbocycles. The number of hydrogen-bond donors (Lipinski definition) is 1. The van der Waals surface area contributed by atoms with E-state index in [-0.39, 0.29) is 29.0 Å². The zero-order valence-corrected chi connectivity index (χ0v) is 16.7. The van der Waals surface area contributed by atoms with Crippen LogP contribution in [0.25, 0.3) is 11.5 Å². The Balaban J connectivity index is 1.67. The summed E-state index contributed by atoms with van der Waals surface area (Å²) >= 11 is 0. The number of aryl methyl sites for hydroxylation is 2. The first-order valence-corrected chi connectivity index (χ1v) is 10.5. The average Bonchev–Trinajstić information content (AvgIpc) is 3.12. The fourth-order valence-corrected chi connectivity index (χ4v) is 3.56. The van der Waals surface area contributed by atoms with Gasteiger partial charge in [-0.1, -0.05) is 41.9 Å². The highest BCUT2D eigenvalue weighted by Gasteiger charge is 2.15. The van der Waals surface area contributed by atoms with Crippen LogP contribution in [0.2, 0.25) is 0 Å². The predicted octanol–water partition coefficient (Wildman–Crippen LogP) is 3.33. The third-order valence-corrected chi connectivity index (χ3v) is 6.07. The van der Waals surface area contributed by atoms with Crippen molar-refractivity contribution in [1.82, 2.24) is 10.2 Å². The Morgan fingerprint density at radius 1 is 1.07 bits per heavy atom. The van der Waals surface area contributed by atoms with Crippen molar-refractivity contribution in [2.24, 2.45) is 0 Å². The summed E-state index contributed by atoms with van der Waals surface area (Å²) in [6.07, 6.45) is 0.0631. The van der Waals surface area contributed by atoms with Gasteiger partial charge in [-0.05, 0) is 43.2 Å². The minimum absolute atomic E-state index is 0.0195. The lowest BCUT2D eigenvalue weighted by molar-refractivity contribution is -0.115. The number of amides is 1. The molecular formula is C20H21N3O4S. The first-order valence-electron chi connectivity index (χ1n) is 8.81. The maximum absolute atomic E-state index is 12.2. The van der Waals surface area contributed by atoms with Gasteiger partial charge in [0.1, 0.15) is 0 Å². The third-order valence-electron chi connectivity index (χ3n) is 4.32. The predicted molar refractivity (Wildman–Crippen MR) is 106 cm³/mol. The number of carbonyl (C=O) groups excluding carboxylic acids is 1. The molecule has 146 valence electrons. The van der Waals surface area contributed by atoms with Crippen LogP contribution in [0, 0.1) is 13.8 Å². The van der Waals surface area contributed by atoms with Crippen LogP contribution in [0.3, 0.4) is 0 Å². The lowest BCUT2D eigenvalue weighted by atomic mass is 10.1. The first-order chi connectivity index (χ1) is 13.3. The maximum atomic E-state index is 12.2. The van der Waals surface area contributed by atoms with E-state index in [4.69, 9.17) is 4.42 Å². The highest BCUT2D eigenvalue weighted by molar-refractivity contribution is 7.91. The molecule has 0 aliphatic heterocycles. The summed E-state index contributed by atoms with van der Waals surface area (Å²) in [6, 6.07) is 12.2. The molecule has 0 bridgehead atoms. The van der Waals surface area contributed by atoms with Gasteiger partial charge in [-0.25, -0.2) is 8.42 Å². The summed E-state index contributed by atoms with van der Waals surface area (Å²) in [7, 11) is -3.26. The van der Waals surface area contributed by atoms with Gasteiger partial charge >= 0.3 is 6.01 Å². The van der Waals surface area contributed by atoms with Crippen molar-refractivity contribution < 1.29 is 17.6 Å². The van der Waals surface area contributed by atoms with Crippen molar-refractivity contribution in [1.29, 1.82) is 0 Å². The lowest BCUT2D eigenvalue weighted by Gasteiger charge is -2.04. The summed E-state index contributed by atoms with van der Waals surface area (Å²) in [4.78, 5) is 12.5. The van der Waals surface area contributed by atoms with E-state index in [1.807, 2.05) is 32.0 Å².